The van der Waals surface area contributed by atoms with Gasteiger partial charge in [-0.2, -0.15) is 0 Å². The van der Waals surface area contributed by atoms with Crippen LogP contribution in [0.2, 0.25) is 0 Å². The van der Waals surface area contributed by atoms with Crippen LogP contribution < -0.4 is 0 Å². The van der Waals surface area contributed by atoms with E-state index in [1.807, 2.05) is 0 Å². The van der Waals surface area contributed by atoms with E-state index in [1.54, 1.807) is 6.21 Å². The van der Waals surface area contributed by atoms with Crippen LogP contribution in [0.15, 0.2) is 16.9 Å². The Morgan fingerprint density at radius 3 is 3.15 bits per heavy atom. The molecule has 2 aliphatic heterocycles. The Labute approximate surface area is 73.7 Å². The largest absolute Gasteiger partial charge is 0.350 e. The number of nitrogens with zero attached hydrogens (tertiary/aromatic N) is 3. The molecule has 2 aliphatic rings. The minimum atomic E-state index is -1.24. The summed E-state index contributed by atoms with van der Waals surface area (Å²) in [4.78, 5) is 26.4. The molecule has 0 aliphatic carbocycles. The monoisotopic (exact) mass is 181 g/mol. The van der Waals surface area contributed by atoms with Crippen LogP contribution in [0.4, 0.5) is 0 Å². The Bertz CT molecular complexity index is 334. The van der Waals surface area contributed by atoms with Crippen LogP contribution in [0.3, 0.4) is 0 Å². The first-order valence-corrected chi connectivity index (χ1v) is 3.88. The first kappa shape index (κ1) is 7.90. The fraction of sp³-hybridized carbons (Fsp3) is 0.429. The molecule has 0 amide bonds. The average molecular weight is 181 g/mol. The van der Waals surface area contributed by atoms with Crippen molar-refractivity contribution in [3.05, 3.63) is 22.0 Å². The SMILES string of the molecule is O=C1C=C2N=CCCN2C1[N+](=O)[O-]. The van der Waals surface area contributed by atoms with Crippen LogP contribution in [0, 0.1) is 10.1 Å². The fourth-order valence-electron chi connectivity index (χ4n) is 1.48. The molecular weight excluding hydrogens is 174 g/mol. The van der Waals surface area contributed by atoms with Crippen molar-refractivity contribution in [1.29, 1.82) is 0 Å². The predicted molar refractivity (Wildman–Crippen MR) is 43.7 cm³/mol. The molecule has 0 N–H and O–H groups in total. The van der Waals surface area contributed by atoms with Crippen molar-refractivity contribution in [2.45, 2.75) is 12.6 Å². The van der Waals surface area contributed by atoms with Crippen molar-refractivity contribution >= 4 is 12.0 Å². The summed E-state index contributed by atoms with van der Waals surface area (Å²) in [5.41, 5.74) is 0. The topological polar surface area (TPSA) is 75.8 Å². The molecule has 2 rings (SSSR count). The van der Waals surface area contributed by atoms with Crippen molar-refractivity contribution < 1.29 is 9.72 Å². The predicted octanol–water partition coefficient (Wildman–Crippen LogP) is -0.210. The molecule has 0 radical (unpaired) electrons. The summed E-state index contributed by atoms with van der Waals surface area (Å²) < 4.78 is 0. The fourth-order valence-corrected chi connectivity index (χ4v) is 1.48. The van der Waals surface area contributed by atoms with Crippen LogP contribution >= 0.6 is 0 Å². The summed E-state index contributed by atoms with van der Waals surface area (Å²) in [6.07, 6.45) is 2.29. The highest BCUT2D eigenvalue weighted by molar-refractivity contribution is 5.96. The number of ketones is 1. The third-order valence-corrected chi connectivity index (χ3v) is 2.04. The summed E-state index contributed by atoms with van der Waals surface area (Å²) in [7, 11) is 0. The van der Waals surface area contributed by atoms with E-state index in [2.05, 4.69) is 4.99 Å². The number of carbonyl (C=O) groups excluding carboxylic acids is 1. The van der Waals surface area contributed by atoms with Gasteiger partial charge in [0.05, 0.1) is 4.92 Å². The van der Waals surface area contributed by atoms with E-state index in [1.165, 1.54) is 11.0 Å². The van der Waals surface area contributed by atoms with Gasteiger partial charge in [0.2, 0.25) is 0 Å². The number of hydrogen-bond donors (Lipinski definition) is 0. The molecule has 0 aromatic carbocycles. The van der Waals surface area contributed by atoms with Crippen LogP contribution in [0.25, 0.3) is 0 Å². The van der Waals surface area contributed by atoms with Crippen molar-refractivity contribution in [2.75, 3.05) is 6.54 Å². The zero-order chi connectivity index (χ0) is 9.42. The van der Waals surface area contributed by atoms with Gasteiger partial charge in [0, 0.05) is 25.3 Å². The molecule has 0 aromatic heterocycles. The van der Waals surface area contributed by atoms with E-state index in [9.17, 15) is 14.9 Å². The highest BCUT2D eigenvalue weighted by atomic mass is 16.6. The number of aliphatic imine (C=N–C) groups is 1. The molecule has 0 bridgehead atoms. The Morgan fingerprint density at radius 2 is 2.46 bits per heavy atom. The molecular formula is C7H7N3O3. The Morgan fingerprint density at radius 1 is 1.69 bits per heavy atom. The van der Waals surface area contributed by atoms with E-state index in [0.29, 0.717) is 18.8 Å². The van der Waals surface area contributed by atoms with E-state index >= 15 is 0 Å². The minimum Gasteiger partial charge on any atom is -0.287 e. The molecule has 6 nitrogen and oxygen atoms in total. The molecule has 1 atom stereocenters. The minimum absolute atomic E-state index is 0.415. The average Bonchev–Trinajstić information content (AvgIpc) is 2.39. The van der Waals surface area contributed by atoms with Gasteiger partial charge in [-0.05, 0) is 0 Å². The van der Waals surface area contributed by atoms with Gasteiger partial charge in [0.1, 0.15) is 5.82 Å². The first-order valence-electron chi connectivity index (χ1n) is 3.88. The summed E-state index contributed by atoms with van der Waals surface area (Å²) in [5, 5.41) is 10.5. The van der Waals surface area contributed by atoms with Gasteiger partial charge >= 0.3 is 6.17 Å². The molecule has 0 saturated heterocycles. The first-order chi connectivity index (χ1) is 6.20. The smallest absolute Gasteiger partial charge is 0.287 e. The summed E-state index contributed by atoms with van der Waals surface area (Å²) in [6, 6.07) is 0. The lowest BCUT2D eigenvalue weighted by atomic mass is 10.3. The third-order valence-electron chi connectivity index (χ3n) is 2.04. The second-order valence-electron chi connectivity index (χ2n) is 2.86. The van der Waals surface area contributed by atoms with Crippen molar-refractivity contribution in [3.8, 4) is 0 Å². The van der Waals surface area contributed by atoms with E-state index in [4.69, 9.17) is 0 Å². The molecule has 0 saturated carbocycles. The second kappa shape index (κ2) is 2.65. The maximum Gasteiger partial charge on any atom is 0.350 e. The quantitative estimate of drug-likeness (QED) is 0.414. The Hall–Kier alpha value is -1.72. The number of hydrogen-bond acceptors (Lipinski definition) is 5. The highest BCUT2D eigenvalue weighted by Gasteiger charge is 2.42. The van der Waals surface area contributed by atoms with Crippen LogP contribution in [0.1, 0.15) is 6.42 Å². The molecule has 68 valence electrons. The zero-order valence-corrected chi connectivity index (χ0v) is 6.71. The lowest BCUT2D eigenvalue weighted by Gasteiger charge is -2.22. The normalized spacial score (nSPS) is 25.8. The van der Waals surface area contributed by atoms with Crippen LogP contribution in [-0.2, 0) is 4.79 Å². The van der Waals surface area contributed by atoms with Gasteiger partial charge in [-0.25, -0.2) is 4.99 Å². The van der Waals surface area contributed by atoms with Gasteiger partial charge in [0.25, 0.3) is 5.78 Å². The van der Waals surface area contributed by atoms with Crippen LogP contribution in [-0.4, -0.2) is 34.5 Å². The van der Waals surface area contributed by atoms with Gasteiger partial charge in [-0.15, -0.1) is 0 Å². The highest BCUT2D eigenvalue weighted by Crippen LogP contribution is 2.22. The Balaban J connectivity index is 2.32. The van der Waals surface area contributed by atoms with Crippen molar-refractivity contribution in [2.24, 2.45) is 4.99 Å². The van der Waals surface area contributed by atoms with Crippen molar-refractivity contribution in [1.82, 2.24) is 4.90 Å². The summed E-state index contributed by atoms with van der Waals surface area (Å²) in [5.74, 6) is -0.0722. The van der Waals surface area contributed by atoms with E-state index in [0.717, 1.165) is 0 Å². The lowest BCUT2D eigenvalue weighted by Crippen LogP contribution is -2.42. The van der Waals surface area contributed by atoms with E-state index in [-0.39, 0.29) is 0 Å². The van der Waals surface area contributed by atoms with Gasteiger partial charge in [-0.1, -0.05) is 0 Å². The molecule has 0 fully saturated rings. The number of fused-ring (bicyclic) bond motifs is 1. The standard InChI is InChI=1S/C7H7N3O3/c11-5-4-6-8-2-1-3-9(6)7(5)10(12)13/h2,4,7H,1,3H2. The maximum atomic E-state index is 11.1. The number of carbonyl (C=O) groups is 1. The zero-order valence-electron chi connectivity index (χ0n) is 6.71. The van der Waals surface area contributed by atoms with Gasteiger partial charge < -0.3 is 0 Å². The third kappa shape index (κ3) is 1.10. The summed E-state index contributed by atoms with van der Waals surface area (Å²) in [6.45, 7) is 0.493. The number of rotatable bonds is 1. The molecule has 2 heterocycles. The second-order valence-corrected chi connectivity index (χ2v) is 2.86. The molecule has 1 unspecified atom stereocenters. The van der Waals surface area contributed by atoms with E-state index < -0.39 is 16.9 Å². The molecule has 13 heavy (non-hydrogen) atoms. The number of nitro groups is 1. The molecule has 0 aromatic rings. The molecule has 6 heteroatoms. The van der Waals surface area contributed by atoms with Gasteiger partial charge in [-0.3, -0.25) is 19.8 Å². The summed E-state index contributed by atoms with van der Waals surface area (Å²) >= 11 is 0. The lowest BCUT2D eigenvalue weighted by molar-refractivity contribution is -0.529. The Kier molecular flexibility index (Phi) is 1.61. The van der Waals surface area contributed by atoms with Crippen LogP contribution in [0.5, 0.6) is 0 Å². The molecule has 0 spiro atoms. The van der Waals surface area contributed by atoms with Gasteiger partial charge in [0.15, 0.2) is 0 Å². The maximum absolute atomic E-state index is 11.1. The van der Waals surface area contributed by atoms with Crippen molar-refractivity contribution in [3.63, 3.8) is 0 Å².